The van der Waals surface area contributed by atoms with Gasteiger partial charge in [0.2, 0.25) is 0 Å². The van der Waals surface area contributed by atoms with Gasteiger partial charge in [0, 0.05) is 11.6 Å². The number of hydrogen-bond donors (Lipinski definition) is 1. The fourth-order valence-corrected chi connectivity index (χ4v) is 1.89. The summed E-state index contributed by atoms with van der Waals surface area (Å²) in [6.45, 7) is 7.99. The molecule has 1 fully saturated rings. The van der Waals surface area contributed by atoms with Gasteiger partial charge in [0.25, 0.3) is 5.70 Å². The van der Waals surface area contributed by atoms with Crippen molar-refractivity contribution < 1.29 is 31.8 Å². The molecule has 1 rings (SSSR count). The van der Waals surface area contributed by atoms with Gasteiger partial charge in [0.05, 0.1) is 4.92 Å². The van der Waals surface area contributed by atoms with Gasteiger partial charge in [-0.25, -0.2) is 9.93 Å². The number of hydrogen-bond acceptors (Lipinski definition) is 8. The summed E-state index contributed by atoms with van der Waals surface area (Å²) in [5.41, 5.74) is -0.340. The van der Waals surface area contributed by atoms with Crippen molar-refractivity contribution in [2.45, 2.75) is 33.0 Å². The Morgan fingerprint density at radius 2 is 2.05 bits per heavy atom. The molecular formula is C11H18N2O8S. The molecule has 11 heteroatoms. The van der Waals surface area contributed by atoms with Crippen LogP contribution in [-0.4, -0.2) is 38.3 Å². The lowest BCUT2D eigenvalue weighted by Gasteiger charge is -2.14. The lowest BCUT2D eigenvalue weighted by atomic mass is 10.0. The zero-order chi connectivity index (χ0) is 17.5. The predicted molar refractivity (Wildman–Crippen MR) is 75.4 cm³/mol. The number of carbonyl (C=O) groups excluding carboxylic acids is 1. The molecule has 0 saturated carbocycles. The maximum absolute atomic E-state index is 11.1. The molecule has 1 heterocycles. The molecule has 0 amide bonds. The van der Waals surface area contributed by atoms with Gasteiger partial charge in [-0.3, -0.25) is 14.3 Å². The topological polar surface area (TPSA) is 148 Å². The van der Waals surface area contributed by atoms with Crippen molar-refractivity contribution in [1.82, 2.24) is 0 Å². The van der Waals surface area contributed by atoms with Crippen LogP contribution in [0.25, 0.3) is 0 Å². The van der Waals surface area contributed by atoms with E-state index in [0.29, 0.717) is 0 Å². The second-order valence-electron chi connectivity index (χ2n) is 3.75. The van der Waals surface area contributed by atoms with Crippen LogP contribution in [0.2, 0.25) is 0 Å². The summed E-state index contributed by atoms with van der Waals surface area (Å²) in [6, 6.07) is 0. The molecule has 126 valence electrons. The summed E-state index contributed by atoms with van der Waals surface area (Å²) < 4.78 is 35.1. The molecule has 1 aliphatic heterocycles. The van der Waals surface area contributed by atoms with Gasteiger partial charge >= 0.3 is 16.5 Å². The maximum Gasteiger partial charge on any atom is 0.509 e. The average molecular weight is 338 g/mol. The molecule has 2 N–H and O–H groups in total. The SMILES string of the molecule is C=C/C(=C(\C)C1OC(=O)OC1COS(N)(=O)=O)[N+](=O)[O-].CC. The highest BCUT2D eigenvalue weighted by atomic mass is 32.2. The molecule has 0 aliphatic carbocycles. The average Bonchev–Trinajstić information content (AvgIpc) is 2.79. The molecule has 1 aliphatic rings. The van der Waals surface area contributed by atoms with Gasteiger partial charge in [-0.1, -0.05) is 20.4 Å². The van der Waals surface area contributed by atoms with E-state index in [4.69, 9.17) is 4.74 Å². The summed E-state index contributed by atoms with van der Waals surface area (Å²) in [6.07, 6.45) is -2.46. The molecule has 0 aromatic rings. The van der Waals surface area contributed by atoms with Crippen molar-refractivity contribution in [2.24, 2.45) is 5.14 Å². The monoisotopic (exact) mass is 338 g/mol. The van der Waals surface area contributed by atoms with Crippen molar-refractivity contribution in [3.63, 3.8) is 0 Å². The number of nitro groups is 1. The molecule has 0 bridgehead atoms. The Balaban J connectivity index is 0.00000211. The minimum atomic E-state index is -4.24. The highest BCUT2D eigenvalue weighted by Gasteiger charge is 2.41. The van der Waals surface area contributed by atoms with Crippen molar-refractivity contribution in [1.29, 1.82) is 0 Å². The van der Waals surface area contributed by atoms with Crippen LogP contribution in [0.4, 0.5) is 4.79 Å². The fourth-order valence-electron chi connectivity index (χ4n) is 1.57. The van der Waals surface area contributed by atoms with Crippen LogP contribution in [0.1, 0.15) is 20.8 Å². The van der Waals surface area contributed by atoms with Crippen molar-refractivity contribution >= 4 is 16.5 Å². The number of nitrogens with two attached hydrogens (primary N) is 1. The lowest BCUT2D eigenvalue weighted by Crippen LogP contribution is -2.32. The lowest BCUT2D eigenvalue weighted by molar-refractivity contribution is -0.420. The molecule has 2 unspecified atom stereocenters. The normalized spacial score (nSPS) is 21.7. The number of allylic oxidation sites excluding steroid dienone is 1. The zero-order valence-electron chi connectivity index (χ0n) is 12.3. The van der Waals surface area contributed by atoms with Crippen LogP contribution < -0.4 is 5.14 Å². The van der Waals surface area contributed by atoms with Crippen LogP contribution in [0.15, 0.2) is 23.9 Å². The Bertz CT molecular complexity index is 569. The van der Waals surface area contributed by atoms with E-state index >= 15 is 0 Å². The van der Waals surface area contributed by atoms with E-state index in [9.17, 15) is 23.3 Å². The third-order valence-electron chi connectivity index (χ3n) is 2.43. The molecular weight excluding hydrogens is 320 g/mol. The number of carbonyl (C=O) groups is 1. The molecule has 0 radical (unpaired) electrons. The van der Waals surface area contributed by atoms with E-state index in [1.165, 1.54) is 6.92 Å². The van der Waals surface area contributed by atoms with Crippen LogP contribution >= 0.6 is 0 Å². The van der Waals surface area contributed by atoms with Crippen LogP contribution in [0.3, 0.4) is 0 Å². The van der Waals surface area contributed by atoms with Crippen molar-refractivity contribution in [3.8, 4) is 0 Å². The number of cyclic esters (lactones) is 2. The number of rotatable bonds is 6. The van der Waals surface area contributed by atoms with E-state index in [2.05, 4.69) is 20.6 Å². The van der Waals surface area contributed by atoms with E-state index < -0.39 is 40.2 Å². The van der Waals surface area contributed by atoms with E-state index in [0.717, 1.165) is 6.08 Å². The van der Waals surface area contributed by atoms with Crippen LogP contribution in [0, 0.1) is 10.1 Å². The van der Waals surface area contributed by atoms with E-state index in [-0.39, 0.29) is 11.3 Å². The predicted octanol–water partition coefficient (Wildman–Crippen LogP) is 0.873. The van der Waals surface area contributed by atoms with E-state index in [1.807, 2.05) is 13.8 Å². The first-order chi connectivity index (χ1) is 10.2. The summed E-state index contributed by atoms with van der Waals surface area (Å²) >= 11 is 0. The molecule has 2 atom stereocenters. The molecule has 22 heavy (non-hydrogen) atoms. The Morgan fingerprint density at radius 3 is 2.45 bits per heavy atom. The maximum atomic E-state index is 11.1. The first-order valence-corrected chi connectivity index (χ1v) is 7.65. The highest BCUT2D eigenvalue weighted by Crippen LogP contribution is 2.25. The van der Waals surface area contributed by atoms with Crippen LogP contribution in [-0.2, 0) is 24.0 Å². The number of ether oxygens (including phenoxy) is 2. The third-order valence-corrected chi connectivity index (χ3v) is 2.89. The Hall–Kier alpha value is -1.98. The van der Waals surface area contributed by atoms with Gasteiger partial charge in [0.1, 0.15) is 6.61 Å². The minimum absolute atomic E-state index is 0.0406. The third kappa shape index (κ3) is 5.79. The van der Waals surface area contributed by atoms with Gasteiger partial charge in [-0.2, -0.15) is 8.42 Å². The zero-order valence-corrected chi connectivity index (χ0v) is 13.2. The van der Waals surface area contributed by atoms with Gasteiger partial charge in [-0.15, -0.1) is 0 Å². The largest absolute Gasteiger partial charge is 0.509 e. The second-order valence-corrected chi connectivity index (χ2v) is 4.97. The molecule has 0 aromatic carbocycles. The van der Waals surface area contributed by atoms with Crippen molar-refractivity contribution in [2.75, 3.05) is 6.61 Å². The number of nitrogens with zero attached hydrogens (tertiary/aromatic N) is 1. The van der Waals surface area contributed by atoms with Crippen LogP contribution in [0.5, 0.6) is 0 Å². The van der Waals surface area contributed by atoms with Gasteiger partial charge in [-0.05, 0) is 6.92 Å². The Kier molecular flexibility index (Phi) is 7.70. The highest BCUT2D eigenvalue weighted by molar-refractivity contribution is 7.84. The fraction of sp³-hybridized carbons (Fsp3) is 0.545. The summed E-state index contributed by atoms with van der Waals surface area (Å²) in [5, 5.41) is 15.4. The molecule has 0 aromatic heterocycles. The Morgan fingerprint density at radius 1 is 1.50 bits per heavy atom. The molecule has 10 nitrogen and oxygen atoms in total. The van der Waals surface area contributed by atoms with Gasteiger partial charge < -0.3 is 9.47 Å². The molecule has 1 saturated heterocycles. The summed E-state index contributed by atoms with van der Waals surface area (Å²) in [5.74, 6) is 0. The van der Waals surface area contributed by atoms with Gasteiger partial charge in [0.15, 0.2) is 12.2 Å². The first kappa shape index (κ1) is 20.0. The standard InChI is InChI=1S/C9H12N2O8S.C2H6/c1-3-6(11(13)14)5(2)8-7(18-9(12)19-8)4-17-20(10,15)16;1-2/h3,7-8H,1,4H2,2H3,(H2,10,15,16);1-2H3/b6-5-;. The quantitative estimate of drug-likeness (QED) is 0.324. The first-order valence-electron chi connectivity index (χ1n) is 6.17. The van der Waals surface area contributed by atoms with E-state index in [1.54, 1.807) is 0 Å². The minimum Gasteiger partial charge on any atom is -0.424 e. The van der Waals surface area contributed by atoms with Crippen molar-refractivity contribution in [3.05, 3.63) is 34.0 Å². The molecule has 0 spiro atoms. The second kappa shape index (κ2) is 8.46. The smallest absolute Gasteiger partial charge is 0.424 e. The Labute approximate surface area is 127 Å². The summed E-state index contributed by atoms with van der Waals surface area (Å²) in [7, 11) is -4.24. The summed E-state index contributed by atoms with van der Waals surface area (Å²) in [4.78, 5) is 21.1.